The molecule has 238 valence electrons. The summed E-state index contributed by atoms with van der Waals surface area (Å²) >= 11 is 13.2. The Kier molecular flexibility index (Phi) is 10.8. The first-order valence-electron chi connectivity index (χ1n) is 14.5. The second-order valence-electron chi connectivity index (χ2n) is 10.5. The molecule has 0 saturated heterocycles. The number of pyridine rings is 3. The molecular formula is C35H30Cl2N6O4. The lowest BCUT2D eigenvalue weighted by atomic mass is 10.1. The van der Waals surface area contributed by atoms with Gasteiger partial charge in [0.2, 0.25) is 17.7 Å². The van der Waals surface area contributed by atoms with Crippen molar-refractivity contribution >= 4 is 69.4 Å². The van der Waals surface area contributed by atoms with Crippen LogP contribution in [0.15, 0.2) is 91.3 Å². The minimum Gasteiger partial charge on any atom is -0.487 e. The molecule has 0 aliphatic rings. The number of benzene rings is 2. The van der Waals surface area contributed by atoms with Crippen LogP contribution in [0.3, 0.4) is 0 Å². The summed E-state index contributed by atoms with van der Waals surface area (Å²) in [5.74, 6) is -0.165. The number of aryl methyl sites for hydroxylation is 1. The van der Waals surface area contributed by atoms with Crippen LogP contribution in [-0.2, 0) is 27.4 Å². The van der Waals surface area contributed by atoms with Crippen molar-refractivity contribution in [3.8, 4) is 5.75 Å². The first-order valence-corrected chi connectivity index (χ1v) is 15.3. The number of rotatable bonds is 11. The summed E-state index contributed by atoms with van der Waals surface area (Å²) in [5, 5.41) is 6.87. The van der Waals surface area contributed by atoms with E-state index in [0.29, 0.717) is 39.1 Å². The van der Waals surface area contributed by atoms with Crippen LogP contribution in [0.4, 0.5) is 11.5 Å². The van der Waals surface area contributed by atoms with Gasteiger partial charge in [-0.1, -0.05) is 47.5 Å². The summed E-state index contributed by atoms with van der Waals surface area (Å²) in [5.41, 5.74) is 3.78. The van der Waals surface area contributed by atoms with Crippen LogP contribution in [-0.4, -0.2) is 46.3 Å². The molecule has 0 unspecified atom stereocenters. The van der Waals surface area contributed by atoms with Crippen molar-refractivity contribution in [2.75, 3.05) is 23.8 Å². The van der Waals surface area contributed by atoms with Gasteiger partial charge in [-0.15, -0.1) is 0 Å². The van der Waals surface area contributed by atoms with Crippen molar-refractivity contribution in [3.63, 3.8) is 0 Å². The molecule has 5 aromatic rings. The maximum absolute atomic E-state index is 13.0. The van der Waals surface area contributed by atoms with Crippen molar-refractivity contribution in [2.45, 2.75) is 20.0 Å². The van der Waals surface area contributed by atoms with E-state index < -0.39 is 11.8 Å². The highest BCUT2D eigenvalue weighted by Gasteiger charge is 2.19. The zero-order valence-corrected chi connectivity index (χ0v) is 27.0. The number of hydrogen-bond acceptors (Lipinski definition) is 7. The molecule has 3 amide bonds. The van der Waals surface area contributed by atoms with E-state index in [1.54, 1.807) is 55.7 Å². The minimum absolute atomic E-state index is 0.0528. The van der Waals surface area contributed by atoms with Crippen molar-refractivity contribution in [1.29, 1.82) is 0 Å². The summed E-state index contributed by atoms with van der Waals surface area (Å²) in [4.78, 5) is 51.9. The number of aromatic nitrogens is 3. The SMILES string of the molecule is Cc1ccc2cccc(OCc3c(Cl)ccc(N(C)C(=O)CNC(=O)C=Cc4ccc(NC(=O)Cc5ccccn5)nc4)c3Cl)c2n1. The highest BCUT2D eigenvalue weighted by Crippen LogP contribution is 2.35. The van der Waals surface area contributed by atoms with Crippen LogP contribution in [0.25, 0.3) is 17.0 Å². The van der Waals surface area contributed by atoms with Crippen LogP contribution < -0.4 is 20.3 Å². The van der Waals surface area contributed by atoms with E-state index in [9.17, 15) is 14.4 Å². The molecular weight excluding hydrogens is 639 g/mol. The molecule has 2 N–H and O–H groups in total. The lowest BCUT2D eigenvalue weighted by Crippen LogP contribution is -2.37. The fourth-order valence-corrected chi connectivity index (χ4v) is 5.15. The summed E-state index contributed by atoms with van der Waals surface area (Å²) in [7, 11) is 1.56. The topological polar surface area (TPSA) is 126 Å². The molecule has 12 heteroatoms. The zero-order chi connectivity index (χ0) is 33.3. The van der Waals surface area contributed by atoms with Crippen molar-refractivity contribution in [2.24, 2.45) is 0 Å². The van der Waals surface area contributed by atoms with E-state index in [4.69, 9.17) is 27.9 Å². The monoisotopic (exact) mass is 668 g/mol. The average molecular weight is 670 g/mol. The van der Waals surface area contributed by atoms with Gasteiger partial charge in [-0.2, -0.15) is 0 Å². The second kappa shape index (κ2) is 15.3. The third-order valence-corrected chi connectivity index (χ3v) is 7.83. The third kappa shape index (κ3) is 8.69. The van der Waals surface area contributed by atoms with E-state index in [1.807, 2.05) is 43.3 Å². The fraction of sp³-hybridized carbons (Fsp3) is 0.143. The summed E-state index contributed by atoms with van der Waals surface area (Å²) in [6.07, 6.45) is 6.10. The van der Waals surface area contributed by atoms with Gasteiger partial charge in [0, 0.05) is 52.9 Å². The lowest BCUT2D eigenvalue weighted by Gasteiger charge is -2.21. The molecule has 3 aromatic heterocycles. The standard InChI is InChI=1S/C35H30Cl2N6O4/c1-22-9-12-24-6-5-8-29(35(24)41-22)47-21-26-27(36)13-14-28(34(26)37)43(2)33(46)20-40-31(44)16-11-23-10-15-30(39-19-23)42-32(45)18-25-7-3-4-17-38-25/h3-17,19H,18,20-21H2,1-2H3,(H,40,44)(H,39,42,45). The molecule has 0 spiro atoms. The number of para-hydroxylation sites is 1. The van der Waals surface area contributed by atoms with Gasteiger partial charge in [-0.3, -0.25) is 19.4 Å². The smallest absolute Gasteiger partial charge is 0.246 e. The second-order valence-corrected chi connectivity index (χ2v) is 11.2. The minimum atomic E-state index is -0.477. The van der Waals surface area contributed by atoms with Crippen LogP contribution in [0.1, 0.15) is 22.5 Å². The fourth-order valence-electron chi connectivity index (χ4n) is 4.54. The molecule has 3 heterocycles. The number of carbonyl (C=O) groups is 3. The molecule has 47 heavy (non-hydrogen) atoms. The van der Waals surface area contributed by atoms with E-state index in [2.05, 4.69) is 25.6 Å². The Hall–Kier alpha value is -5.32. The molecule has 0 atom stereocenters. The van der Waals surface area contributed by atoms with Gasteiger partial charge in [0.05, 0.1) is 23.7 Å². The van der Waals surface area contributed by atoms with Crippen LogP contribution in [0, 0.1) is 6.92 Å². The summed E-state index contributed by atoms with van der Waals surface area (Å²) in [6, 6.07) is 21.5. The molecule has 0 saturated carbocycles. The van der Waals surface area contributed by atoms with Gasteiger partial charge in [0.15, 0.2) is 0 Å². The Morgan fingerprint density at radius 3 is 2.57 bits per heavy atom. The third-order valence-electron chi connectivity index (χ3n) is 7.06. The largest absolute Gasteiger partial charge is 0.487 e. The maximum atomic E-state index is 13.0. The highest BCUT2D eigenvalue weighted by atomic mass is 35.5. The van der Waals surface area contributed by atoms with E-state index in [0.717, 1.165) is 16.6 Å². The molecule has 2 aromatic carbocycles. The van der Waals surface area contributed by atoms with Crippen LogP contribution in [0.5, 0.6) is 5.75 Å². The van der Waals surface area contributed by atoms with Crippen molar-refractivity contribution in [3.05, 3.63) is 124 Å². The molecule has 0 fully saturated rings. The number of ether oxygens (including phenoxy) is 1. The number of amides is 3. The van der Waals surface area contributed by atoms with Crippen LogP contribution in [0.2, 0.25) is 10.0 Å². The van der Waals surface area contributed by atoms with Crippen molar-refractivity contribution in [1.82, 2.24) is 20.3 Å². The first kappa shape index (κ1) is 33.1. The quantitative estimate of drug-likeness (QED) is 0.161. The van der Waals surface area contributed by atoms with Gasteiger partial charge in [-0.25, -0.2) is 9.97 Å². The molecule has 0 bridgehead atoms. The predicted molar refractivity (Wildman–Crippen MR) is 184 cm³/mol. The Balaban J connectivity index is 1.14. The Labute approximate surface area is 281 Å². The molecule has 0 aliphatic heterocycles. The molecule has 0 radical (unpaired) electrons. The van der Waals surface area contributed by atoms with Gasteiger partial charge >= 0.3 is 0 Å². The molecule has 5 rings (SSSR count). The van der Waals surface area contributed by atoms with Crippen molar-refractivity contribution < 1.29 is 19.1 Å². The number of anilines is 2. The summed E-state index contributed by atoms with van der Waals surface area (Å²) in [6.45, 7) is 1.69. The number of hydrogen-bond donors (Lipinski definition) is 2. The van der Waals surface area contributed by atoms with E-state index >= 15 is 0 Å². The number of halogens is 2. The molecule has 10 nitrogen and oxygen atoms in total. The highest BCUT2D eigenvalue weighted by molar-refractivity contribution is 6.38. The zero-order valence-electron chi connectivity index (χ0n) is 25.5. The summed E-state index contributed by atoms with van der Waals surface area (Å²) < 4.78 is 6.08. The van der Waals surface area contributed by atoms with Gasteiger partial charge in [0.25, 0.3) is 0 Å². The number of nitrogens with one attached hydrogen (secondary N) is 2. The van der Waals surface area contributed by atoms with Gasteiger partial charge < -0.3 is 20.3 Å². The lowest BCUT2D eigenvalue weighted by molar-refractivity contribution is -0.122. The Bertz CT molecular complexity index is 1950. The Morgan fingerprint density at radius 2 is 1.81 bits per heavy atom. The predicted octanol–water partition coefficient (Wildman–Crippen LogP) is 6.19. The number of likely N-dealkylation sites (N-methyl/N-ethyl adjacent to an activating group) is 1. The van der Waals surface area contributed by atoms with E-state index in [1.165, 1.54) is 17.2 Å². The number of fused-ring (bicyclic) bond motifs is 1. The average Bonchev–Trinajstić information content (AvgIpc) is 3.07. The molecule has 0 aliphatic carbocycles. The number of carbonyl (C=O) groups excluding carboxylic acids is 3. The maximum Gasteiger partial charge on any atom is 0.246 e. The van der Waals surface area contributed by atoms with Gasteiger partial charge in [0.1, 0.15) is 23.7 Å². The van der Waals surface area contributed by atoms with E-state index in [-0.39, 0.29) is 30.5 Å². The normalized spacial score (nSPS) is 11.0. The van der Waals surface area contributed by atoms with Gasteiger partial charge in [-0.05, 0) is 67.1 Å². The first-order chi connectivity index (χ1) is 22.7. The Morgan fingerprint density at radius 1 is 0.957 bits per heavy atom. The number of nitrogens with zero attached hydrogens (tertiary/aromatic N) is 4. The van der Waals surface area contributed by atoms with Crippen LogP contribution >= 0.6 is 23.2 Å².